The molecule has 0 aliphatic rings. The lowest BCUT2D eigenvalue weighted by Gasteiger charge is -2.11. The highest BCUT2D eigenvalue weighted by atomic mass is 32.1. The summed E-state index contributed by atoms with van der Waals surface area (Å²) in [5, 5.41) is 2.80. The van der Waals surface area contributed by atoms with Crippen molar-refractivity contribution in [3.63, 3.8) is 0 Å². The molecule has 3 heteroatoms. The van der Waals surface area contributed by atoms with E-state index in [1.165, 1.54) is 16.4 Å². The lowest BCUT2D eigenvalue weighted by atomic mass is 9.96. The van der Waals surface area contributed by atoms with Gasteiger partial charge < -0.3 is 0 Å². The second-order valence-electron chi connectivity index (χ2n) is 3.07. The van der Waals surface area contributed by atoms with Crippen LogP contribution in [0.2, 0.25) is 0 Å². The molecule has 1 aromatic heterocycles. The first-order valence-electron chi connectivity index (χ1n) is 2.94. The number of hydrogen-bond acceptors (Lipinski definition) is 2. The van der Waals surface area contributed by atoms with Crippen LogP contribution in [0.5, 0.6) is 0 Å². The summed E-state index contributed by atoms with van der Waals surface area (Å²) >= 11 is 1.52. The van der Waals surface area contributed by atoms with E-state index in [-0.39, 0.29) is 5.41 Å². The Hall–Kier alpha value is -0.440. The van der Waals surface area contributed by atoms with Gasteiger partial charge in [-0.25, -0.2) is 0 Å². The summed E-state index contributed by atoms with van der Waals surface area (Å²) in [4.78, 5) is 1.29. The molecule has 0 unspecified atom stereocenters. The fourth-order valence-corrected chi connectivity index (χ4v) is 1.12. The van der Waals surface area contributed by atoms with Gasteiger partial charge in [0, 0.05) is 16.9 Å². The van der Waals surface area contributed by atoms with Crippen molar-refractivity contribution in [1.82, 2.24) is 4.49 Å². The van der Waals surface area contributed by atoms with Gasteiger partial charge in [0.1, 0.15) is 4.88 Å². The maximum Gasteiger partial charge on any atom is 0.209 e. The van der Waals surface area contributed by atoms with Gasteiger partial charge in [0.05, 0.1) is 4.49 Å². The van der Waals surface area contributed by atoms with E-state index in [0.29, 0.717) is 0 Å². The molecule has 0 saturated heterocycles. The third-order valence-corrected chi connectivity index (χ3v) is 2.26. The van der Waals surface area contributed by atoms with Crippen LogP contribution in [0.15, 0.2) is 6.20 Å². The quantitative estimate of drug-likeness (QED) is 0.537. The largest absolute Gasteiger partial charge is 0.209 e. The van der Waals surface area contributed by atoms with Crippen molar-refractivity contribution in [3.8, 4) is 0 Å². The van der Waals surface area contributed by atoms with Crippen LogP contribution < -0.4 is 5.10 Å². The predicted octanol–water partition coefficient (Wildman–Crippen LogP) is 1.25. The third-order valence-electron chi connectivity index (χ3n) is 1.13. The highest BCUT2D eigenvalue weighted by molar-refractivity contribution is 7.05. The third kappa shape index (κ3) is 1.48. The van der Waals surface area contributed by atoms with Crippen LogP contribution in [0, 0.1) is 0 Å². The Balaban J connectivity index is 2.90. The molecular formula is C6H11N2S+. The second kappa shape index (κ2) is 2.06. The second-order valence-corrected chi connectivity index (χ2v) is 3.88. The predicted molar refractivity (Wildman–Crippen MR) is 37.4 cm³/mol. The molecule has 0 aliphatic carbocycles. The Bertz CT molecular complexity index is 173. The summed E-state index contributed by atoms with van der Waals surface area (Å²) < 4.78 is 3.91. The van der Waals surface area contributed by atoms with Crippen LogP contribution in [-0.4, -0.2) is 4.49 Å². The molecule has 1 aromatic rings. The number of aromatic amines is 1. The normalized spacial score (nSPS) is 11.9. The first kappa shape index (κ1) is 6.68. The number of hydrogen-bond donors (Lipinski definition) is 0. The first-order chi connectivity index (χ1) is 4.11. The van der Waals surface area contributed by atoms with Crippen molar-refractivity contribution in [3.05, 3.63) is 11.1 Å². The zero-order chi connectivity index (χ0) is 6.91. The van der Waals surface area contributed by atoms with Crippen LogP contribution in [0.25, 0.3) is 0 Å². The molecule has 2 nitrogen and oxygen atoms in total. The Labute approximate surface area is 59.1 Å². The Morgan fingerprint density at radius 3 is 2.44 bits per heavy atom. The van der Waals surface area contributed by atoms with E-state index in [1.807, 2.05) is 6.20 Å². The Morgan fingerprint density at radius 1 is 1.56 bits per heavy atom. The minimum absolute atomic E-state index is 0.248. The summed E-state index contributed by atoms with van der Waals surface area (Å²) in [6.07, 6.45) is 1.95. The number of nitrogens with zero attached hydrogens (tertiary/aromatic N) is 1. The lowest BCUT2D eigenvalue weighted by molar-refractivity contribution is -0.443. The van der Waals surface area contributed by atoms with Gasteiger partial charge >= 0.3 is 0 Å². The zero-order valence-corrected chi connectivity index (χ0v) is 6.75. The van der Waals surface area contributed by atoms with Crippen molar-refractivity contribution in [2.75, 3.05) is 0 Å². The maximum atomic E-state index is 3.91. The van der Waals surface area contributed by atoms with Gasteiger partial charge in [-0.15, -0.1) is 0 Å². The molecule has 0 radical (unpaired) electrons. The van der Waals surface area contributed by atoms with Gasteiger partial charge in [-0.3, -0.25) is 0 Å². The topological polar surface area (TPSA) is 27.0 Å². The molecule has 0 spiro atoms. The van der Waals surface area contributed by atoms with E-state index in [0.717, 1.165) is 0 Å². The molecule has 0 aromatic carbocycles. The minimum atomic E-state index is 0.248. The van der Waals surface area contributed by atoms with Crippen molar-refractivity contribution < 1.29 is 5.10 Å². The molecular weight excluding hydrogens is 132 g/mol. The zero-order valence-electron chi connectivity index (χ0n) is 5.93. The smallest absolute Gasteiger partial charge is 0.0941 e. The van der Waals surface area contributed by atoms with Gasteiger partial charge in [0.2, 0.25) is 6.20 Å². The summed E-state index contributed by atoms with van der Waals surface area (Å²) in [7, 11) is 0. The van der Waals surface area contributed by atoms with E-state index < -0.39 is 0 Å². The molecule has 0 bridgehead atoms. The summed E-state index contributed by atoms with van der Waals surface area (Å²) in [6, 6.07) is 0. The van der Waals surface area contributed by atoms with Crippen LogP contribution in [0.4, 0.5) is 0 Å². The average molecular weight is 143 g/mol. The number of nitrogens with one attached hydrogen (secondary N) is 1. The average Bonchev–Trinajstić information content (AvgIpc) is 2.08. The van der Waals surface area contributed by atoms with Crippen LogP contribution in [0.1, 0.15) is 25.6 Å². The molecule has 0 aliphatic heterocycles. The van der Waals surface area contributed by atoms with Gasteiger partial charge in [-0.2, -0.15) is 0 Å². The number of rotatable bonds is 0. The van der Waals surface area contributed by atoms with Crippen LogP contribution >= 0.6 is 11.5 Å². The van der Waals surface area contributed by atoms with Crippen molar-refractivity contribution in [2.45, 2.75) is 26.2 Å². The lowest BCUT2D eigenvalue weighted by Crippen LogP contribution is -2.09. The van der Waals surface area contributed by atoms with Gasteiger partial charge in [-0.1, -0.05) is 25.9 Å². The number of H-pyrrole nitrogens is 1. The molecule has 0 atom stereocenters. The van der Waals surface area contributed by atoms with Crippen LogP contribution in [0.3, 0.4) is 0 Å². The van der Waals surface area contributed by atoms with Gasteiger partial charge in [0.15, 0.2) is 0 Å². The molecule has 0 amide bonds. The van der Waals surface area contributed by atoms with Gasteiger partial charge in [-0.05, 0) is 0 Å². The highest BCUT2D eigenvalue weighted by Gasteiger charge is 2.18. The molecule has 1 N–H and O–H groups in total. The number of aromatic nitrogens is 2. The van der Waals surface area contributed by atoms with E-state index >= 15 is 0 Å². The summed E-state index contributed by atoms with van der Waals surface area (Å²) in [6.45, 7) is 6.52. The first-order valence-corrected chi connectivity index (χ1v) is 3.71. The van der Waals surface area contributed by atoms with Crippen LogP contribution in [-0.2, 0) is 5.41 Å². The van der Waals surface area contributed by atoms with Crippen molar-refractivity contribution in [2.24, 2.45) is 0 Å². The van der Waals surface area contributed by atoms with Crippen molar-refractivity contribution >= 4 is 11.5 Å². The molecule has 1 heterocycles. The summed E-state index contributed by atoms with van der Waals surface area (Å²) in [5.41, 5.74) is 0.248. The maximum absolute atomic E-state index is 3.91. The summed E-state index contributed by atoms with van der Waals surface area (Å²) in [5.74, 6) is 0. The molecule has 50 valence electrons. The molecule has 9 heavy (non-hydrogen) atoms. The Kier molecular flexibility index (Phi) is 1.53. The van der Waals surface area contributed by atoms with E-state index in [1.54, 1.807) is 0 Å². The monoisotopic (exact) mass is 143 g/mol. The molecule has 1 rings (SSSR count). The fourth-order valence-electron chi connectivity index (χ4n) is 0.540. The molecule has 0 fully saturated rings. The van der Waals surface area contributed by atoms with Gasteiger partial charge in [0.25, 0.3) is 0 Å². The highest BCUT2D eigenvalue weighted by Crippen LogP contribution is 2.22. The standard InChI is InChI=1S/C6H10N2S/c1-6(2,3)5-4-7-8-9-5/h4H,1-3H3/p+1. The SMILES string of the molecule is CC(C)(C)c1c[nH+]ns1. The van der Waals surface area contributed by atoms with E-state index in [9.17, 15) is 0 Å². The molecule has 0 saturated carbocycles. The van der Waals surface area contributed by atoms with Crippen molar-refractivity contribution in [1.29, 1.82) is 0 Å². The minimum Gasteiger partial charge on any atom is -0.0941 e. The Morgan fingerprint density at radius 2 is 2.22 bits per heavy atom. The van der Waals surface area contributed by atoms with E-state index in [4.69, 9.17) is 0 Å². The fraction of sp³-hybridized carbons (Fsp3) is 0.667. The van der Waals surface area contributed by atoms with E-state index in [2.05, 4.69) is 30.4 Å².